The van der Waals surface area contributed by atoms with Crippen LogP contribution in [0.25, 0.3) is 0 Å². The molecule has 1 aliphatic heterocycles. The molecule has 1 fully saturated rings. The summed E-state index contributed by atoms with van der Waals surface area (Å²) < 4.78 is 5.39. The van der Waals surface area contributed by atoms with Gasteiger partial charge in [0.2, 0.25) is 0 Å². The van der Waals surface area contributed by atoms with Gasteiger partial charge in [-0.3, -0.25) is 4.90 Å². The summed E-state index contributed by atoms with van der Waals surface area (Å²) in [5.41, 5.74) is 7.98. The molecule has 4 nitrogen and oxygen atoms in total. The fourth-order valence-corrected chi connectivity index (χ4v) is 2.44. The van der Waals surface area contributed by atoms with Gasteiger partial charge >= 0.3 is 0 Å². The minimum atomic E-state index is -0.312. The van der Waals surface area contributed by atoms with E-state index in [9.17, 15) is 0 Å². The van der Waals surface area contributed by atoms with Crippen molar-refractivity contribution >= 4 is 0 Å². The maximum Gasteiger partial charge on any atom is 0.123 e. The Balaban J connectivity index is 2.18. The van der Waals surface area contributed by atoms with Crippen molar-refractivity contribution in [2.24, 2.45) is 5.73 Å². The van der Waals surface area contributed by atoms with Gasteiger partial charge in [-0.25, -0.2) is 0 Å². The lowest BCUT2D eigenvalue weighted by molar-refractivity contribution is 0.267. The number of likely N-dealkylation sites (tertiary alicyclic amines) is 1. The SMILES string of the molecule is COc1ccc(C(N)CO)cc1CN1CCCC1. The lowest BCUT2D eigenvalue weighted by atomic mass is 10.0. The van der Waals surface area contributed by atoms with Gasteiger partial charge < -0.3 is 15.6 Å². The molecule has 1 aromatic carbocycles. The molecule has 0 aromatic heterocycles. The highest BCUT2D eigenvalue weighted by Crippen LogP contribution is 2.25. The van der Waals surface area contributed by atoms with Crippen LogP contribution in [0.4, 0.5) is 0 Å². The quantitative estimate of drug-likeness (QED) is 0.826. The molecule has 2 rings (SSSR count). The third kappa shape index (κ3) is 3.02. The molecular weight excluding hydrogens is 228 g/mol. The van der Waals surface area contributed by atoms with Crippen LogP contribution >= 0.6 is 0 Å². The highest BCUT2D eigenvalue weighted by molar-refractivity contribution is 5.38. The van der Waals surface area contributed by atoms with E-state index in [2.05, 4.69) is 11.0 Å². The van der Waals surface area contributed by atoms with E-state index >= 15 is 0 Å². The van der Waals surface area contributed by atoms with E-state index in [1.54, 1.807) is 7.11 Å². The first kappa shape index (κ1) is 13.3. The first-order chi connectivity index (χ1) is 8.74. The molecule has 100 valence electrons. The summed E-state index contributed by atoms with van der Waals surface area (Å²) in [5, 5.41) is 9.12. The molecular formula is C14H22N2O2. The van der Waals surface area contributed by atoms with Crippen molar-refractivity contribution in [2.75, 3.05) is 26.8 Å². The molecule has 0 spiro atoms. The number of ether oxygens (including phenoxy) is 1. The summed E-state index contributed by atoms with van der Waals surface area (Å²) in [6.45, 7) is 3.17. The number of nitrogens with zero attached hydrogens (tertiary/aromatic N) is 1. The monoisotopic (exact) mass is 250 g/mol. The zero-order valence-corrected chi connectivity index (χ0v) is 10.9. The van der Waals surface area contributed by atoms with E-state index in [0.717, 1.165) is 36.5 Å². The molecule has 3 N–H and O–H groups in total. The Labute approximate surface area is 108 Å². The smallest absolute Gasteiger partial charge is 0.123 e. The van der Waals surface area contributed by atoms with Crippen LogP contribution in [0.2, 0.25) is 0 Å². The summed E-state index contributed by atoms with van der Waals surface area (Å²) in [6, 6.07) is 5.61. The van der Waals surface area contributed by atoms with Crippen LogP contribution in [0, 0.1) is 0 Å². The third-order valence-corrected chi connectivity index (χ3v) is 3.52. The van der Waals surface area contributed by atoms with Crippen LogP contribution in [0.3, 0.4) is 0 Å². The first-order valence-corrected chi connectivity index (χ1v) is 6.50. The molecule has 0 bridgehead atoms. The molecule has 1 aromatic rings. The minimum absolute atomic E-state index is 0.0323. The molecule has 0 saturated carbocycles. The summed E-state index contributed by atoms with van der Waals surface area (Å²) in [7, 11) is 1.69. The molecule has 1 saturated heterocycles. The minimum Gasteiger partial charge on any atom is -0.496 e. The van der Waals surface area contributed by atoms with E-state index in [1.807, 2.05) is 12.1 Å². The predicted octanol–water partition coefficient (Wildman–Crippen LogP) is 1.28. The molecule has 1 aliphatic rings. The molecule has 18 heavy (non-hydrogen) atoms. The fourth-order valence-electron chi connectivity index (χ4n) is 2.44. The lowest BCUT2D eigenvalue weighted by Crippen LogP contribution is -2.20. The number of nitrogens with two attached hydrogens (primary N) is 1. The Morgan fingerprint density at radius 2 is 2.11 bits per heavy atom. The Hall–Kier alpha value is -1.10. The van der Waals surface area contributed by atoms with Gasteiger partial charge in [-0.05, 0) is 43.6 Å². The summed E-state index contributed by atoms with van der Waals surface area (Å²) in [6.07, 6.45) is 2.55. The standard InChI is InChI=1S/C14H22N2O2/c1-18-14-5-4-11(13(15)10-17)8-12(14)9-16-6-2-3-7-16/h4-5,8,13,17H,2-3,6-7,9-10,15H2,1H3. The lowest BCUT2D eigenvalue weighted by Gasteiger charge is -2.19. The van der Waals surface area contributed by atoms with Gasteiger partial charge in [-0.1, -0.05) is 6.07 Å². The normalized spacial score (nSPS) is 17.9. The van der Waals surface area contributed by atoms with Crippen molar-refractivity contribution in [1.29, 1.82) is 0 Å². The van der Waals surface area contributed by atoms with E-state index in [1.165, 1.54) is 12.8 Å². The zero-order valence-electron chi connectivity index (χ0n) is 10.9. The summed E-state index contributed by atoms with van der Waals surface area (Å²) in [4.78, 5) is 2.42. The van der Waals surface area contributed by atoms with Gasteiger partial charge in [-0.15, -0.1) is 0 Å². The number of methoxy groups -OCH3 is 1. The third-order valence-electron chi connectivity index (χ3n) is 3.52. The highest BCUT2D eigenvalue weighted by atomic mass is 16.5. The zero-order chi connectivity index (χ0) is 13.0. The predicted molar refractivity (Wildman–Crippen MR) is 71.5 cm³/mol. The number of hydrogen-bond donors (Lipinski definition) is 2. The van der Waals surface area contributed by atoms with E-state index < -0.39 is 0 Å². The van der Waals surface area contributed by atoms with Gasteiger partial charge in [0.15, 0.2) is 0 Å². The van der Waals surface area contributed by atoms with Crippen LogP contribution in [0.15, 0.2) is 18.2 Å². The van der Waals surface area contributed by atoms with Crippen molar-refractivity contribution in [3.05, 3.63) is 29.3 Å². The largest absolute Gasteiger partial charge is 0.496 e. The topological polar surface area (TPSA) is 58.7 Å². The summed E-state index contributed by atoms with van der Waals surface area (Å²) >= 11 is 0. The van der Waals surface area contributed by atoms with Gasteiger partial charge in [0.1, 0.15) is 5.75 Å². The van der Waals surface area contributed by atoms with Crippen molar-refractivity contribution < 1.29 is 9.84 Å². The Morgan fingerprint density at radius 3 is 2.72 bits per heavy atom. The number of rotatable bonds is 5. The van der Waals surface area contributed by atoms with Gasteiger partial charge in [0.25, 0.3) is 0 Å². The van der Waals surface area contributed by atoms with Crippen molar-refractivity contribution in [2.45, 2.75) is 25.4 Å². The summed E-state index contributed by atoms with van der Waals surface area (Å²) in [5.74, 6) is 0.899. The van der Waals surface area contributed by atoms with Crippen molar-refractivity contribution in [3.63, 3.8) is 0 Å². The second-order valence-electron chi connectivity index (χ2n) is 4.84. The maximum atomic E-state index is 9.12. The van der Waals surface area contributed by atoms with Crippen LogP contribution in [0.5, 0.6) is 5.75 Å². The number of benzene rings is 1. The molecule has 0 amide bonds. The Bertz CT molecular complexity index is 389. The average Bonchev–Trinajstić information content (AvgIpc) is 2.90. The fraction of sp³-hybridized carbons (Fsp3) is 0.571. The van der Waals surface area contributed by atoms with Crippen LogP contribution < -0.4 is 10.5 Å². The van der Waals surface area contributed by atoms with Gasteiger partial charge in [-0.2, -0.15) is 0 Å². The second-order valence-corrected chi connectivity index (χ2v) is 4.84. The molecule has 1 unspecified atom stereocenters. The Morgan fingerprint density at radius 1 is 1.39 bits per heavy atom. The Kier molecular flexibility index (Phi) is 4.58. The molecule has 1 heterocycles. The van der Waals surface area contributed by atoms with Crippen LogP contribution in [0.1, 0.15) is 30.0 Å². The first-order valence-electron chi connectivity index (χ1n) is 6.50. The number of aliphatic hydroxyl groups excluding tert-OH is 1. The van der Waals surface area contributed by atoms with Crippen LogP contribution in [-0.4, -0.2) is 36.8 Å². The molecule has 1 atom stereocenters. The second kappa shape index (κ2) is 6.18. The average molecular weight is 250 g/mol. The van der Waals surface area contributed by atoms with Crippen molar-refractivity contribution in [1.82, 2.24) is 4.90 Å². The molecule has 0 radical (unpaired) electrons. The van der Waals surface area contributed by atoms with E-state index in [4.69, 9.17) is 15.6 Å². The highest BCUT2D eigenvalue weighted by Gasteiger charge is 2.15. The molecule has 0 aliphatic carbocycles. The van der Waals surface area contributed by atoms with Gasteiger partial charge in [0.05, 0.1) is 19.8 Å². The van der Waals surface area contributed by atoms with Crippen LogP contribution in [-0.2, 0) is 6.54 Å². The van der Waals surface area contributed by atoms with E-state index in [-0.39, 0.29) is 12.6 Å². The maximum absolute atomic E-state index is 9.12. The van der Waals surface area contributed by atoms with Gasteiger partial charge in [0, 0.05) is 12.1 Å². The number of hydrogen-bond acceptors (Lipinski definition) is 4. The van der Waals surface area contributed by atoms with Crippen molar-refractivity contribution in [3.8, 4) is 5.75 Å². The number of aliphatic hydroxyl groups is 1. The molecule has 4 heteroatoms. The van der Waals surface area contributed by atoms with E-state index in [0.29, 0.717) is 0 Å².